The fourth-order valence-corrected chi connectivity index (χ4v) is 5.41. The van der Waals surface area contributed by atoms with E-state index in [1.54, 1.807) is 29.2 Å². The number of hydrogen-bond donors (Lipinski definition) is 0. The van der Waals surface area contributed by atoms with Gasteiger partial charge in [-0.1, -0.05) is 23.5 Å². The highest BCUT2D eigenvalue weighted by molar-refractivity contribution is 7.90. The van der Waals surface area contributed by atoms with Crippen molar-refractivity contribution in [1.29, 1.82) is 0 Å². The first kappa shape index (κ1) is 27.0. The van der Waals surface area contributed by atoms with Crippen molar-refractivity contribution < 1.29 is 22.9 Å². The van der Waals surface area contributed by atoms with Crippen molar-refractivity contribution in [2.24, 2.45) is 0 Å². The number of fused-ring (bicyclic) bond motifs is 1. The second-order valence-corrected chi connectivity index (χ2v) is 11.0. The van der Waals surface area contributed by atoms with E-state index in [1.165, 1.54) is 29.5 Å². The summed E-state index contributed by atoms with van der Waals surface area (Å²) in [7, 11) is -3.36. The summed E-state index contributed by atoms with van der Waals surface area (Å²) < 4.78 is 29.9. The number of amides is 1. The van der Waals surface area contributed by atoms with E-state index in [0.29, 0.717) is 47.2 Å². The molecule has 0 unspecified atom stereocenters. The van der Waals surface area contributed by atoms with Crippen molar-refractivity contribution in [3.8, 4) is 0 Å². The monoisotopic (exact) mass is 540 g/mol. The Morgan fingerprint density at radius 3 is 2.51 bits per heavy atom. The number of sulfone groups is 1. The normalized spacial score (nSPS) is 14.4. The molecule has 0 N–H and O–H groups in total. The Balaban J connectivity index is 0.00000342. The van der Waals surface area contributed by atoms with Crippen LogP contribution < -0.4 is 4.90 Å². The maximum Gasteiger partial charge on any atom is 0.269 e. The topological polar surface area (TPSA) is 123 Å². The summed E-state index contributed by atoms with van der Waals surface area (Å²) in [4.78, 5) is 32.4. The van der Waals surface area contributed by atoms with Gasteiger partial charge in [0.1, 0.15) is 0 Å². The van der Waals surface area contributed by atoms with Crippen LogP contribution in [0.15, 0.2) is 47.4 Å². The lowest BCUT2D eigenvalue weighted by molar-refractivity contribution is -0.384. The average Bonchev–Trinajstić information content (AvgIpc) is 3.22. The Labute approximate surface area is 213 Å². The van der Waals surface area contributed by atoms with Gasteiger partial charge in [-0.05, 0) is 23.8 Å². The van der Waals surface area contributed by atoms with Crippen LogP contribution in [-0.4, -0.2) is 74.8 Å². The number of morpholine rings is 1. The molecule has 1 amide bonds. The van der Waals surface area contributed by atoms with Crippen molar-refractivity contribution in [3.05, 3.63) is 58.1 Å². The third kappa shape index (κ3) is 6.73. The maximum atomic E-state index is 13.3. The van der Waals surface area contributed by atoms with Gasteiger partial charge in [0, 0.05) is 44.6 Å². The molecule has 0 aliphatic carbocycles. The third-order valence-electron chi connectivity index (χ3n) is 5.55. The zero-order valence-corrected chi connectivity index (χ0v) is 21.4. The van der Waals surface area contributed by atoms with Gasteiger partial charge in [0.15, 0.2) is 15.0 Å². The zero-order valence-electron chi connectivity index (χ0n) is 19.0. The minimum absolute atomic E-state index is 0. The Hall–Kier alpha value is -2.64. The Kier molecular flexibility index (Phi) is 8.78. The highest BCUT2D eigenvalue weighted by atomic mass is 35.5. The number of aromatic nitrogens is 1. The standard InChI is InChI=1S/C22H24N4O6S2.ClH/c1-34(30,31)18-6-7-19-20(15-18)33-22(23-19)25(9-8-24-10-12-32-13-11-24)21(27)14-16-2-4-17(5-3-16)26(28)29;/h2-7,15H,8-14H2,1H3;1H. The number of thiazole rings is 1. The van der Waals surface area contributed by atoms with E-state index in [9.17, 15) is 23.3 Å². The molecule has 0 radical (unpaired) electrons. The fraction of sp³-hybridized carbons (Fsp3) is 0.364. The summed E-state index contributed by atoms with van der Waals surface area (Å²) in [5, 5.41) is 11.4. The number of non-ortho nitro benzene ring substituents is 1. The molecule has 1 saturated heterocycles. The van der Waals surface area contributed by atoms with Crippen LogP contribution in [0.25, 0.3) is 10.2 Å². The molecule has 2 heterocycles. The second kappa shape index (κ2) is 11.4. The number of rotatable bonds is 8. The molecule has 1 aliphatic heterocycles. The lowest BCUT2D eigenvalue weighted by Gasteiger charge is -2.29. The molecule has 188 valence electrons. The number of nitro groups is 1. The fourth-order valence-electron chi connectivity index (χ4n) is 3.64. The minimum atomic E-state index is -3.36. The minimum Gasteiger partial charge on any atom is -0.379 e. The molecule has 3 aromatic rings. The van der Waals surface area contributed by atoms with Crippen LogP contribution in [0.1, 0.15) is 5.56 Å². The number of carbonyl (C=O) groups excluding carboxylic acids is 1. The highest BCUT2D eigenvalue weighted by Crippen LogP contribution is 2.31. The lowest BCUT2D eigenvalue weighted by Crippen LogP contribution is -2.43. The van der Waals surface area contributed by atoms with Crippen LogP contribution in [0.2, 0.25) is 0 Å². The molecular weight excluding hydrogens is 516 g/mol. The predicted octanol–water partition coefficient (Wildman–Crippen LogP) is 2.94. The molecule has 4 rings (SSSR count). The van der Waals surface area contributed by atoms with Gasteiger partial charge in [0.05, 0.1) is 39.7 Å². The van der Waals surface area contributed by atoms with Gasteiger partial charge < -0.3 is 4.74 Å². The molecule has 0 spiro atoms. The van der Waals surface area contributed by atoms with Crippen molar-refractivity contribution in [2.75, 3.05) is 50.5 Å². The van der Waals surface area contributed by atoms with E-state index >= 15 is 0 Å². The number of carbonyl (C=O) groups is 1. The van der Waals surface area contributed by atoms with E-state index in [0.717, 1.165) is 19.3 Å². The molecule has 13 heteroatoms. The first-order valence-electron chi connectivity index (χ1n) is 10.7. The van der Waals surface area contributed by atoms with E-state index in [4.69, 9.17) is 4.74 Å². The summed E-state index contributed by atoms with van der Waals surface area (Å²) >= 11 is 1.26. The Morgan fingerprint density at radius 1 is 1.20 bits per heavy atom. The van der Waals surface area contributed by atoms with Gasteiger partial charge in [-0.3, -0.25) is 24.7 Å². The third-order valence-corrected chi connectivity index (χ3v) is 7.71. The van der Waals surface area contributed by atoms with Crippen LogP contribution in [0.4, 0.5) is 10.8 Å². The first-order chi connectivity index (χ1) is 16.2. The van der Waals surface area contributed by atoms with Gasteiger partial charge in [-0.15, -0.1) is 12.4 Å². The number of benzene rings is 2. The molecule has 0 saturated carbocycles. The average molecular weight is 541 g/mol. The van der Waals surface area contributed by atoms with Crippen LogP contribution in [0, 0.1) is 10.1 Å². The van der Waals surface area contributed by atoms with Crippen LogP contribution >= 0.6 is 23.7 Å². The summed E-state index contributed by atoms with van der Waals surface area (Å²) in [6, 6.07) is 10.6. The van der Waals surface area contributed by atoms with Crippen LogP contribution in [0.3, 0.4) is 0 Å². The molecule has 2 aromatic carbocycles. The Morgan fingerprint density at radius 2 is 1.89 bits per heavy atom. The van der Waals surface area contributed by atoms with E-state index < -0.39 is 14.8 Å². The van der Waals surface area contributed by atoms with Crippen molar-refractivity contribution >= 4 is 60.5 Å². The predicted molar refractivity (Wildman–Crippen MR) is 136 cm³/mol. The van der Waals surface area contributed by atoms with Gasteiger partial charge >= 0.3 is 0 Å². The Bertz CT molecular complexity index is 1310. The van der Waals surface area contributed by atoms with Gasteiger partial charge in [0.25, 0.3) is 5.69 Å². The molecule has 1 fully saturated rings. The van der Waals surface area contributed by atoms with Gasteiger partial charge in [-0.2, -0.15) is 0 Å². The maximum absolute atomic E-state index is 13.3. The van der Waals surface area contributed by atoms with E-state index in [2.05, 4.69) is 9.88 Å². The number of nitrogens with zero attached hydrogens (tertiary/aromatic N) is 4. The molecule has 1 aromatic heterocycles. The summed E-state index contributed by atoms with van der Waals surface area (Å²) in [6.45, 7) is 3.90. The van der Waals surface area contributed by atoms with Crippen LogP contribution in [-0.2, 0) is 25.8 Å². The van der Waals surface area contributed by atoms with Gasteiger partial charge in [-0.25, -0.2) is 13.4 Å². The highest BCUT2D eigenvalue weighted by Gasteiger charge is 2.23. The molecule has 10 nitrogen and oxygen atoms in total. The van der Waals surface area contributed by atoms with Gasteiger partial charge in [0.2, 0.25) is 5.91 Å². The SMILES string of the molecule is CS(=O)(=O)c1ccc2nc(N(CCN3CCOCC3)C(=O)Cc3ccc([N+](=O)[O-])cc3)sc2c1.Cl. The second-order valence-electron chi connectivity index (χ2n) is 8.00. The molecule has 35 heavy (non-hydrogen) atoms. The van der Waals surface area contributed by atoms with Crippen molar-refractivity contribution in [1.82, 2.24) is 9.88 Å². The number of ether oxygens (including phenoxy) is 1. The smallest absolute Gasteiger partial charge is 0.269 e. The lowest BCUT2D eigenvalue weighted by atomic mass is 10.1. The summed E-state index contributed by atoms with van der Waals surface area (Å²) in [5.41, 5.74) is 1.24. The number of nitro benzene ring substituents is 1. The number of halogens is 1. The number of anilines is 1. The first-order valence-corrected chi connectivity index (χ1v) is 13.4. The zero-order chi connectivity index (χ0) is 24.3. The van der Waals surface area contributed by atoms with E-state index in [-0.39, 0.29) is 35.3 Å². The molecule has 0 atom stereocenters. The van der Waals surface area contributed by atoms with Crippen molar-refractivity contribution in [3.63, 3.8) is 0 Å². The van der Waals surface area contributed by atoms with E-state index in [1.807, 2.05) is 0 Å². The summed E-state index contributed by atoms with van der Waals surface area (Å²) in [5.74, 6) is -0.190. The summed E-state index contributed by atoms with van der Waals surface area (Å²) in [6.07, 6.45) is 1.21. The largest absolute Gasteiger partial charge is 0.379 e. The quantitative estimate of drug-likeness (QED) is 0.315. The number of hydrogen-bond acceptors (Lipinski definition) is 9. The molecular formula is C22H25ClN4O6S2. The van der Waals surface area contributed by atoms with Crippen LogP contribution in [0.5, 0.6) is 0 Å². The van der Waals surface area contributed by atoms with Crippen molar-refractivity contribution in [2.45, 2.75) is 11.3 Å². The molecule has 1 aliphatic rings. The molecule has 0 bridgehead atoms.